The molecular formula is C16H15BrFNO3. The lowest BCUT2D eigenvalue weighted by atomic mass is 10.2. The van der Waals surface area contributed by atoms with E-state index in [4.69, 9.17) is 9.47 Å². The molecule has 6 heteroatoms. The highest BCUT2D eigenvalue weighted by molar-refractivity contribution is 9.10. The summed E-state index contributed by atoms with van der Waals surface area (Å²) in [4.78, 5) is 11.9. The van der Waals surface area contributed by atoms with Gasteiger partial charge < -0.3 is 14.8 Å². The van der Waals surface area contributed by atoms with Gasteiger partial charge in [-0.1, -0.05) is 28.1 Å². The smallest absolute Gasteiger partial charge is 0.254 e. The molecule has 0 radical (unpaired) electrons. The molecule has 4 nitrogen and oxygen atoms in total. The number of halogens is 2. The summed E-state index contributed by atoms with van der Waals surface area (Å²) in [6.45, 7) is 0.505. The van der Waals surface area contributed by atoms with Gasteiger partial charge in [-0.15, -0.1) is 0 Å². The molecule has 2 aromatic rings. The van der Waals surface area contributed by atoms with Gasteiger partial charge in [-0.25, -0.2) is 4.39 Å². The SMILES string of the molecule is COc1ccccc1OCCNC(=O)c1cc(Br)ccc1F. The monoisotopic (exact) mass is 367 g/mol. The van der Waals surface area contributed by atoms with Crippen LogP contribution in [0.2, 0.25) is 0 Å². The Bertz CT molecular complexity index is 664. The lowest BCUT2D eigenvalue weighted by molar-refractivity contribution is 0.0942. The van der Waals surface area contributed by atoms with Crippen LogP contribution in [0.15, 0.2) is 46.9 Å². The molecule has 0 spiro atoms. The second kappa shape index (κ2) is 7.79. The summed E-state index contributed by atoms with van der Waals surface area (Å²) in [7, 11) is 1.56. The second-order valence-electron chi connectivity index (χ2n) is 4.38. The predicted octanol–water partition coefficient (Wildman–Crippen LogP) is 3.41. The van der Waals surface area contributed by atoms with Crippen molar-refractivity contribution in [2.75, 3.05) is 20.3 Å². The van der Waals surface area contributed by atoms with Crippen LogP contribution in [0, 0.1) is 5.82 Å². The zero-order chi connectivity index (χ0) is 15.9. The Labute approximate surface area is 136 Å². The quantitative estimate of drug-likeness (QED) is 0.795. The number of hydrogen-bond donors (Lipinski definition) is 1. The largest absolute Gasteiger partial charge is 0.493 e. The Morgan fingerprint density at radius 3 is 2.68 bits per heavy atom. The third-order valence-corrected chi connectivity index (χ3v) is 3.38. The summed E-state index contributed by atoms with van der Waals surface area (Å²) < 4.78 is 24.9. The van der Waals surface area contributed by atoms with E-state index in [-0.39, 0.29) is 18.7 Å². The van der Waals surface area contributed by atoms with Gasteiger partial charge in [-0.05, 0) is 30.3 Å². The topological polar surface area (TPSA) is 47.6 Å². The molecule has 0 unspecified atom stereocenters. The minimum absolute atomic E-state index is 0.00772. The van der Waals surface area contributed by atoms with Gasteiger partial charge in [0.05, 0.1) is 19.2 Å². The van der Waals surface area contributed by atoms with E-state index in [2.05, 4.69) is 21.2 Å². The molecule has 22 heavy (non-hydrogen) atoms. The number of nitrogens with one attached hydrogen (secondary N) is 1. The van der Waals surface area contributed by atoms with E-state index in [1.165, 1.54) is 18.2 Å². The standard InChI is InChI=1S/C16H15BrFNO3/c1-21-14-4-2-3-5-15(14)22-9-8-19-16(20)12-10-11(17)6-7-13(12)18/h2-7,10H,8-9H2,1H3,(H,19,20). The van der Waals surface area contributed by atoms with E-state index in [1.54, 1.807) is 19.2 Å². The molecule has 0 heterocycles. The van der Waals surface area contributed by atoms with Crippen molar-refractivity contribution in [2.24, 2.45) is 0 Å². The van der Waals surface area contributed by atoms with Gasteiger partial charge >= 0.3 is 0 Å². The molecule has 1 amide bonds. The molecule has 0 fully saturated rings. The molecule has 0 aliphatic carbocycles. The van der Waals surface area contributed by atoms with Crippen molar-refractivity contribution in [2.45, 2.75) is 0 Å². The second-order valence-corrected chi connectivity index (χ2v) is 5.30. The average molecular weight is 368 g/mol. The fourth-order valence-electron chi connectivity index (χ4n) is 1.83. The Morgan fingerprint density at radius 1 is 1.23 bits per heavy atom. The third kappa shape index (κ3) is 4.21. The van der Waals surface area contributed by atoms with E-state index in [0.29, 0.717) is 16.0 Å². The van der Waals surface area contributed by atoms with Gasteiger partial charge in [-0.2, -0.15) is 0 Å². The number of carbonyl (C=O) groups excluding carboxylic acids is 1. The fourth-order valence-corrected chi connectivity index (χ4v) is 2.19. The first kappa shape index (κ1) is 16.3. The maximum Gasteiger partial charge on any atom is 0.254 e. The summed E-state index contributed by atoms with van der Waals surface area (Å²) in [6.07, 6.45) is 0. The molecule has 1 N–H and O–H groups in total. The summed E-state index contributed by atoms with van der Waals surface area (Å²) in [5, 5.41) is 2.61. The highest BCUT2D eigenvalue weighted by Crippen LogP contribution is 2.25. The molecule has 0 aromatic heterocycles. The first-order chi connectivity index (χ1) is 10.6. The van der Waals surface area contributed by atoms with Gasteiger partial charge in [-0.3, -0.25) is 4.79 Å². The van der Waals surface area contributed by atoms with Crippen molar-refractivity contribution in [1.29, 1.82) is 0 Å². The molecule has 0 aliphatic rings. The van der Waals surface area contributed by atoms with Crippen LogP contribution in [0.1, 0.15) is 10.4 Å². The average Bonchev–Trinajstić information content (AvgIpc) is 2.54. The summed E-state index contributed by atoms with van der Waals surface area (Å²) >= 11 is 3.21. The van der Waals surface area contributed by atoms with E-state index >= 15 is 0 Å². The fraction of sp³-hybridized carbons (Fsp3) is 0.188. The number of rotatable bonds is 6. The van der Waals surface area contributed by atoms with Gasteiger partial charge in [0.25, 0.3) is 5.91 Å². The van der Waals surface area contributed by atoms with Gasteiger partial charge in [0, 0.05) is 4.47 Å². The third-order valence-electron chi connectivity index (χ3n) is 2.89. The van der Waals surface area contributed by atoms with Crippen LogP contribution in [-0.4, -0.2) is 26.2 Å². The number of hydrogen-bond acceptors (Lipinski definition) is 3. The van der Waals surface area contributed by atoms with Crippen molar-refractivity contribution < 1.29 is 18.7 Å². The van der Waals surface area contributed by atoms with Gasteiger partial charge in [0.2, 0.25) is 0 Å². The number of carbonyl (C=O) groups is 1. The van der Waals surface area contributed by atoms with E-state index in [1.807, 2.05) is 12.1 Å². The van der Waals surface area contributed by atoms with Crippen LogP contribution < -0.4 is 14.8 Å². The number of methoxy groups -OCH3 is 1. The normalized spacial score (nSPS) is 10.1. The number of para-hydroxylation sites is 2. The molecule has 116 valence electrons. The molecule has 2 aromatic carbocycles. The van der Waals surface area contributed by atoms with Crippen LogP contribution in [0.4, 0.5) is 4.39 Å². The number of amides is 1. The Morgan fingerprint density at radius 2 is 1.95 bits per heavy atom. The molecule has 0 bridgehead atoms. The summed E-state index contributed by atoms with van der Waals surface area (Å²) in [5.74, 6) is 0.161. The van der Waals surface area contributed by atoms with Gasteiger partial charge in [0.1, 0.15) is 12.4 Å². The molecule has 0 atom stereocenters. The van der Waals surface area contributed by atoms with Crippen LogP contribution in [-0.2, 0) is 0 Å². The number of benzene rings is 2. The van der Waals surface area contributed by atoms with Gasteiger partial charge in [0.15, 0.2) is 11.5 Å². The van der Waals surface area contributed by atoms with Crippen LogP contribution >= 0.6 is 15.9 Å². The van der Waals surface area contributed by atoms with Crippen molar-refractivity contribution in [3.63, 3.8) is 0 Å². The zero-order valence-electron chi connectivity index (χ0n) is 11.9. The Hall–Kier alpha value is -2.08. The highest BCUT2D eigenvalue weighted by Gasteiger charge is 2.11. The first-order valence-electron chi connectivity index (χ1n) is 6.61. The van der Waals surface area contributed by atoms with Crippen molar-refractivity contribution in [3.05, 3.63) is 58.3 Å². The highest BCUT2D eigenvalue weighted by atomic mass is 79.9. The van der Waals surface area contributed by atoms with Crippen molar-refractivity contribution in [1.82, 2.24) is 5.32 Å². The Balaban J connectivity index is 1.86. The maximum absolute atomic E-state index is 13.6. The van der Waals surface area contributed by atoms with Crippen molar-refractivity contribution >= 4 is 21.8 Å². The molecule has 0 saturated heterocycles. The van der Waals surface area contributed by atoms with Crippen LogP contribution in [0.3, 0.4) is 0 Å². The molecular weight excluding hydrogens is 353 g/mol. The first-order valence-corrected chi connectivity index (χ1v) is 7.40. The summed E-state index contributed by atoms with van der Waals surface area (Å²) in [6, 6.07) is 11.4. The van der Waals surface area contributed by atoms with E-state index < -0.39 is 11.7 Å². The number of ether oxygens (including phenoxy) is 2. The molecule has 0 aliphatic heterocycles. The van der Waals surface area contributed by atoms with E-state index in [0.717, 1.165) is 0 Å². The minimum atomic E-state index is -0.564. The zero-order valence-corrected chi connectivity index (χ0v) is 13.5. The summed E-state index contributed by atoms with van der Waals surface area (Å²) in [5.41, 5.74) is -0.00772. The van der Waals surface area contributed by atoms with Crippen LogP contribution in [0.25, 0.3) is 0 Å². The lowest BCUT2D eigenvalue weighted by Crippen LogP contribution is -2.28. The maximum atomic E-state index is 13.6. The lowest BCUT2D eigenvalue weighted by Gasteiger charge is -2.11. The molecule has 2 rings (SSSR count). The van der Waals surface area contributed by atoms with E-state index in [9.17, 15) is 9.18 Å². The Kier molecular flexibility index (Phi) is 5.77. The minimum Gasteiger partial charge on any atom is -0.493 e. The predicted molar refractivity (Wildman–Crippen MR) is 84.9 cm³/mol. The molecule has 0 saturated carbocycles. The van der Waals surface area contributed by atoms with Crippen LogP contribution in [0.5, 0.6) is 11.5 Å². The van der Waals surface area contributed by atoms with Crippen molar-refractivity contribution in [3.8, 4) is 11.5 Å².